The first-order chi connectivity index (χ1) is 26.4. The monoisotopic (exact) mass is 780 g/mol. The van der Waals surface area contributed by atoms with Crippen LogP contribution in [0.1, 0.15) is 80.4 Å². The van der Waals surface area contributed by atoms with Crippen molar-refractivity contribution in [1.29, 1.82) is 0 Å². The molecule has 0 spiro atoms. The molecule has 2 N–H and O–H groups in total. The Hall–Kier alpha value is -4.20. The molecule has 0 aliphatic carbocycles. The van der Waals surface area contributed by atoms with Crippen molar-refractivity contribution in [3.05, 3.63) is 36.4 Å². The van der Waals surface area contributed by atoms with Gasteiger partial charge in [-0.2, -0.15) is 0 Å². The van der Waals surface area contributed by atoms with E-state index in [9.17, 15) is 24.3 Å². The van der Waals surface area contributed by atoms with Gasteiger partial charge in [0.2, 0.25) is 5.76 Å². The minimum absolute atomic E-state index is 0.0252. The second-order valence-corrected chi connectivity index (χ2v) is 16.1. The Labute approximate surface area is 328 Å². The molecule has 0 aromatic carbocycles. The van der Waals surface area contributed by atoms with Gasteiger partial charge >= 0.3 is 12.1 Å². The van der Waals surface area contributed by atoms with Gasteiger partial charge in [0.1, 0.15) is 36.2 Å². The number of amides is 1. The molecule has 3 aliphatic rings. The van der Waals surface area contributed by atoms with Crippen molar-refractivity contribution < 1.29 is 52.5 Å². The zero-order valence-electron chi connectivity index (χ0n) is 33.9. The predicted octanol–water partition coefficient (Wildman–Crippen LogP) is 3.95. The molecule has 5 rings (SSSR count). The van der Waals surface area contributed by atoms with Crippen LogP contribution < -0.4 is 5.32 Å². The van der Waals surface area contributed by atoms with Crippen LogP contribution in [0, 0.1) is 35.5 Å². The van der Waals surface area contributed by atoms with Crippen molar-refractivity contribution in [1.82, 2.24) is 20.4 Å². The number of nitrogens with zero attached hydrogens (tertiary/aromatic N) is 3. The molecule has 3 saturated heterocycles. The number of cyclic esters (lactones) is 1. The number of esters is 1. The molecule has 1 amide bonds. The largest absolute Gasteiger partial charge is 0.458 e. The summed E-state index contributed by atoms with van der Waals surface area (Å²) >= 11 is 0. The lowest BCUT2D eigenvalue weighted by molar-refractivity contribution is -0.296. The molecular formula is C41H56N4O11. The van der Waals surface area contributed by atoms with Gasteiger partial charge in [0, 0.05) is 47.8 Å². The van der Waals surface area contributed by atoms with E-state index in [1.54, 1.807) is 66.1 Å². The van der Waals surface area contributed by atoms with Gasteiger partial charge in [0.05, 0.1) is 23.9 Å². The van der Waals surface area contributed by atoms with Gasteiger partial charge in [-0.15, -0.1) is 0 Å². The van der Waals surface area contributed by atoms with Gasteiger partial charge in [0.25, 0.3) is 0 Å². The third kappa shape index (κ3) is 9.00. The minimum Gasteiger partial charge on any atom is -0.458 e. The lowest BCUT2D eigenvalue weighted by atomic mass is 9.73. The standard InChI is InChI=1S/C41H56N4O11/c1-11-31-41(8)35(43-39(50)55-41)24(4)32(46)22(2)20-40(7,51-17-13-15-28-19-29(44-56-28)27-14-12-16-42-21-27)36(25(5)33(47)26(6)37(49)53-31)54-38-34(48)30(45(9)10)18-23(3)52-38/h12,14,16,19,21-26,30-31,34-36,38,48H,11,17-18,20H2,1-10H3,(H,43,50)/t22-,23-,24-,25+,26-,30+,31+,34-,35-,36-,38+,40+,41-/m1/s1. The molecule has 3 aliphatic heterocycles. The summed E-state index contributed by atoms with van der Waals surface area (Å²) in [7, 11) is 3.70. The predicted molar refractivity (Wildman–Crippen MR) is 202 cm³/mol. The van der Waals surface area contributed by atoms with Gasteiger partial charge in [-0.1, -0.05) is 38.8 Å². The van der Waals surface area contributed by atoms with E-state index >= 15 is 0 Å². The maximum absolute atomic E-state index is 14.4. The summed E-state index contributed by atoms with van der Waals surface area (Å²) in [4.78, 5) is 61.3. The number of hydrogen-bond donors (Lipinski definition) is 2. The number of Topliss-reactive ketones (excluding diaryl/α,β-unsaturated/α-hetero) is 2. The number of aromatic nitrogens is 2. The van der Waals surface area contributed by atoms with Crippen molar-refractivity contribution >= 4 is 23.6 Å². The molecule has 13 atom stereocenters. The van der Waals surface area contributed by atoms with E-state index in [2.05, 4.69) is 27.3 Å². The summed E-state index contributed by atoms with van der Waals surface area (Å²) in [6.45, 7) is 13.3. The van der Waals surface area contributed by atoms with Crippen molar-refractivity contribution in [2.75, 3.05) is 20.7 Å². The summed E-state index contributed by atoms with van der Waals surface area (Å²) in [6.07, 6.45) is -1.36. The summed E-state index contributed by atoms with van der Waals surface area (Å²) in [5.74, 6) is 0.773. The molecule has 0 bridgehead atoms. The number of carbonyl (C=O) groups is 4. The van der Waals surface area contributed by atoms with Crippen LogP contribution in [-0.4, -0.2) is 118 Å². The van der Waals surface area contributed by atoms with Crippen LogP contribution in [-0.2, 0) is 38.1 Å². The van der Waals surface area contributed by atoms with E-state index in [1.165, 1.54) is 6.92 Å². The van der Waals surface area contributed by atoms with Crippen molar-refractivity contribution in [2.45, 2.75) is 129 Å². The van der Waals surface area contributed by atoms with Gasteiger partial charge in [-0.25, -0.2) is 4.79 Å². The highest BCUT2D eigenvalue weighted by Crippen LogP contribution is 2.40. The smallest absolute Gasteiger partial charge is 0.408 e. The van der Waals surface area contributed by atoms with Crippen molar-refractivity contribution in [3.63, 3.8) is 0 Å². The van der Waals surface area contributed by atoms with Gasteiger partial charge in [-0.05, 0) is 79.1 Å². The number of rotatable bonds is 7. The molecule has 306 valence electrons. The van der Waals surface area contributed by atoms with E-state index in [0.717, 1.165) is 5.56 Å². The number of fused-ring (bicyclic) bond motifs is 1. The van der Waals surface area contributed by atoms with E-state index in [-0.39, 0.29) is 43.1 Å². The Morgan fingerprint density at radius 3 is 2.46 bits per heavy atom. The van der Waals surface area contributed by atoms with Crippen LogP contribution in [0.4, 0.5) is 4.79 Å². The van der Waals surface area contributed by atoms with Gasteiger partial charge < -0.3 is 43.5 Å². The average Bonchev–Trinajstić information content (AvgIpc) is 3.77. The topological polar surface area (TPSA) is 189 Å². The summed E-state index contributed by atoms with van der Waals surface area (Å²) in [5.41, 5.74) is -1.54. The molecule has 56 heavy (non-hydrogen) atoms. The molecule has 15 heteroatoms. The molecule has 2 aromatic heterocycles. The number of pyridine rings is 1. The normalized spacial score (nSPS) is 37.1. The fraction of sp³-hybridized carbons (Fsp3) is 0.659. The second-order valence-electron chi connectivity index (χ2n) is 16.1. The maximum atomic E-state index is 14.4. The lowest BCUT2D eigenvalue weighted by Crippen LogP contribution is -2.60. The second kappa shape index (κ2) is 17.5. The number of ketones is 2. The number of aliphatic hydroxyl groups excluding tert-OH is 1. The number of nitrogens with one attached hydrogen (secondary N) is 1. The highest BCUT2D eigenvalue weighted by molar-refractivity contribution is 6.00. The van der Waals surface area contributed by atoms with Crippen LogP contribution >= 0.6 is 0 Å². The van der Waals surface area contributed by atoms with E-state index < -0.39 is 83.4 Å². The lowest BCUT2D eigenvalue weighted by Gasteiger charge is -2.47. The van der Waals surface area contributed by atoms with Crippen LogP contribution in [0.3, 0.4) is 0 Å². The zero-order valence-corrected chi connectivity index (χ0v) is 33.9. The van der Waals surface area contributed by atoms with E-state index in [4.69, 9.17) is 28.2 Å². The first-order valence-electron chi connectivity index (χ1n) is 19.3. The molecular weight excluding hydrogens is 724 g/mol. The number of ether oxygens (including phenoxy) is 5. The summed E-state index contributed by atoms with van der Waals surface area (Å²) in [5, 5.41) is 18.4. The molecule has 3 fully saturated rings. The highest BCUT2D eigenvalue weighted by atomic mass is 16.7. The first kappa shape index (κ1) is 42.9. The fourth-order valence-corrected chi connectivity index (χ4v) is 8.44. The number of carbonyl (C=O) groups excluding carboxylic acids is 4. The highest BCUT2D eigenvalue weighted by Gasteiger charge is 2.57. The molecule has 0 unspecified atom stereocenters. The number of hydrogen-bond acceptors (Lipinski definition) is 14. The van der Waals surface area contributed by atoms with Crippen LogP contribution in [0.5, 0.6) is 0 Å². The Kier molecular flexibility index (Phi) is 13.4. The third-order valence-electron chi connectivity index (χ3n) is 11.6. The molecule has 0 saturated carbocycles. The van der Waals surface area contributed by atoms with Crippen LogP contribution in [0.15, 0.2) is 35.1 Å². The third-order valence-corrected chi connectivity index (χ3v) is 11.6. The van der Waals surface area contributed by atoms with Crippen molar-refractivity contribution in [2.24, 2.45) is 23.7 Å². The fourth-order valence-electron chi connectivity index (χ4n) is 8.44. The van der Waals surface area contributed by atoms with E-state index in [0.29, 0.717) is 12.1 Å². The maximum Gasteiger partial charge on any atom is 0.408 e. The molecule has 15 nitrogen and oxygen atoms in total. The number of alkyl carbamates (subject to hydrolysis) is 1. The Morgan fingerprint density at radius 2 is 1.80 bits per heavy atom. The van der Waals surface area contributed by atoms with Gasteiger partial charge in [0.15, 0.2) is 17.7 Å². The molecule has 2 aromatic rings. The quantitative estimate of drug-likeness (QED) is 0.234. The first-order valence-corrected chi connectivity index (χ1v) is 19.3. The van der Waals surface area contributed by atoms with E-state index in [1.807, 2.05) is 32.0 Å². The average molecular weight is 781 g/mol. The zero-order chi connectivity index (χ0) is 41.1. The molecule has 0 radical (unpaired) electrons. The molecule has 5 heterocycles. The van der Waals surface area contributed by atoms with Gasteiger partial charge in [-0.3, -0.25) is 19.4 Å². The Bertz CT molecular complexity index is 1790. The number of likely N-dealkylation sites (N-methyl/N-ethyl adjacent to an activating group) is 1. The Morgan fingerprint density at radius 1 is 1.07 bits per heavy atom. The van der Waals surface area contributed by atoms with Crippen LogP contribution in [0.2, 0.25) is 0 Å². The summed E-state index contributed by atoms with van der Waals surface area (Å²) < 4.78 is 36.6. The Balaban J connectivity index is 1.55. The minimum atomic E-state index is -1.45. The SMILES string of the molecule is CC[C@@H]1OC(=O)[C@H](C)C(=O)[C@H](C)[C@@H](O[C@@H]2O[C@H](C)C[C@H](N(C)C)[C@H]2O)[C@@](C)(OCC#Cc2cc(-c3cccnc3)no2)C[C@@H](C)C(=O)[C@@H](C)[C@H]2NC(=O)O[C@]12C. The summed E-state index contributed by atoms with van der Waals surface area (Å²) in [6, 6.07) is 4.12. The van der Waals surface area contributed by atoms with Crippen molar-refractivity contribution in [3.8, 4) is 23.1 Å². The number of aliphatic hydroxyl groups is 1. The van der Waals surface area contributed by atoms with Crippen LogP contribution in [0.25, 0.3) is 11.3 Å².